The molecule has 18 heavy (non-hydrogen) atoms. The van der Waals surface area contributed by atoms with Crippen molar-refractivity contribution in [3.05, 3.63) is 35.3 Å². The van der Waals surface area contributed by atoms with Crippen molar-refractivity contribution in [3.8, 4) is 16.3 Å². The molecule has 0 bridgehead atoms. The van der Waals surface area contributed by atoms with Crippen molar-refractivity contribution in [1.29, 1.82) is 0 Å². The second-order valence-electron chi connectivity index (χ2n) is 4.71. The fraction of sp³-hybridized carbons (Fsp3) is 0.357. The van der Waals surface area contributed by atoms with Gasteiger partial charge >= 0.3 is 0 Å². The van der Waals surface area contributed by atoms with E-state index in [1.807, 2.05) is 18.3 Å². The Morgan fingerprint density at radius 1 is 1.39 bits per heavy atom. The Morgan fingerprint density at radius 3 is 2.94 bits per heavy atom. The second-order valence-corrected chi connectivity index (χ2v) is 5.82. The van der Waals surface area contributed by atoms with Gasteiger partial charge in [0.15, 0.2) is 0 Å². The molecule has 96 valence electrons. The first-order valence-electron chi connectivity index (χ1n) is 6.10. The van der Waals surface area contributed by atoms with Gasteiger partial charge in [0.2, 0.25) is 0 Å². The molecule has 0 spiro atoms. The van der Waals surface area contributed by atoms with E-state index >= 15 is 0 Å². The fourth-order valence-corrected chi connectivity index (χ4v) is 2.52. The molecule has 0 radical (unpaired) electrons. The summed E-state index contributed by atoms with van der Waals surface area (Å²) < 4.78 is 0. The zero-order valence-electron chi connectivity index (χ0n) is 10.7. The molecule has 0 saturated carbocycles. The highest BCUT2D eigenvalue weighted by atomic mass is 32.1. The van der Waals surface area contributed by atoms with Gasteiger partial charge in [-0.15, -0.1) is 11.3 Å². The van der Waals surface area contributed by atoms with E-state index in [1.165, 1.54) is 4.88 Å². The summed E-state index contributed by atoms with van der Waals surface area (Å²) >= 11 is 1.66. The van der Waals surface area contributed by atoms with Crippen LogP contribution in [0.15, 0.2) is 30.5 Å². The van der Waals surface area contributed by atoms with Gasteiger partial charge < -0.3 is 10.4 Å². The molecule has 1 aromatic heterocycles. The molecular weight excluding hydrogens is 244 g/mol. The first-order chi connectivity index (χ1) is 8.65. The summed E-state index contributed by atoms with van der Waals surface area (Å²) in [7, 11) is 0. The summed E-state index contributed by atoms with van der Waals surface area (Å²) in [6.07, 6.45) is 1.90. The molecule has 4 heteroatoms. The maximum atomic E-state index is 9.45. The van der Waals surface area contributed by atoms with Gasteiger partial charge in [0, 0.05) is 23.2 Å². The molecule has 0 amide bonds. The summed E-state index contributed by atoms with van der Waals surface area (Å²) in [5, 5.41) is 13.8. The number of hydrogen-bond acceptors (Lipinski definition) is 4. The highest BCUT2D eigenvalue weighted by molar-refractivity contribution is 7.15. The normalized spacial score (nSPS) is 11.1. The Balaban J connectivity index is 2.02. The third kappa shape index (κ3) is 3.55. The predicted molar refractivity (Wildman–Crippen MR) is 75.8 cm³/mol. The van der Waals surface area contributed by atoms with Gasteiger partial charge in [0.1, 0.15) is 10.8 Å². The van der Waals surface area contributed by atoms with E-state index in [1.54, 1.807) is 23.5 Å². The van der Waals surface area contributed by atoms with Crippen molar-refractivity contribution in [2.24, 2.45) is 5.92 Å². The Kier molecular flexibility index (Phi) is 4.33. The highest BCUT2D eigenvalue weighted by Crippen LogP contribution is 2.27. The van der Waals surface area contributed by atoms with E-state index in [0.29, 0.717) is 5.92 Å². The van der Waals surface area contributed by atoms with Crippen LogP contribution >= 0.6 is 11.3 Å². The van der Waals surface area contributed by atoms with Crippen LogP contribution in [0, 0.1) is 5.92 Å². The molecule has 0 aliphatic carbocycles. The molecule has 3 nitrogen and oxygen atoms in total. The van der Waals surface area contributed by atoms with Crippen LogP contribution in [-0.2, 0) is 6.54 Å². The number of phenolic OH excluding ortho intramolecular Hbond substituents is 1. The molecule has 2 N–H and O–H groups in total. The van der Waals surface area contributed by atoms with Gasteiger partial charge in [-0.2, -0.15) is 0 Å². The summed E-state index contributed by atoms with van der Waals surface area (Å²) in [5.41, 5.74) is 0.968. The minimum Gasteiger partial charge on any atom is -0.508 e. The number of nitrogens with one attached hydrogen (secondary N) is 1. The molecular formula is C14H18N2OS. The van der Waals surface area contributed by atoms with Crippen molar-refractivity contribution < 1.29 is 5.11 Å². The molecule has 0 unspecified atom stereocenters. The van der Waals surface area contributed by atoms with E-state index in [2.05, 4.69) is 24.1 Å². The van der Waals surface area contributed by atoms with E-state index in [9.17, 15) is 5.11 Å². The van der Waals surface area contributed by atoms with Crippen LogP contribution in [-0.4, -0.2) is 16.6 Å². The molecule has 0 fully saturated rings. The summed E-state index contributed by atoms with van der Waals surface area (Å²) in [6, 6.07) is 7.21. The van der Waals surface area contributed by atoms with Crippen LogP contribution in [0.3, 0.4) is 0 Å². The number of benzene rings is 1. The molecule has 0 saturated heterocycles. The van der Waals surface area contributed by atoms with Crippen LogP contribution in [0.2, 0.25) is 0 Å². The molecule has 0 aliphatic heterocycles. The summed E-state index contributed by atoms with van der Waals surface area (Å²) in [5.74, 6) is 0.936. The number of phenols is 1. The second kappa shape index (κ2) is 5.98. The Bertz CT molecular complexity index is 508. The topological polar surface area (TPSA) is 45.2 Å². The number of aromatic hydroxyl groups is 1. The molecule has 2 rings (SSSR count). The van der Waals surface area contributed by atoms with Crippen LogP contribution < -0.4 is 5.32 Å². The van der Waals surface area contributed by atoms with Crippen molar-refractivity contribution in [1.82, 2.24) is 10.3 Å². The largest absolute Gasteiger partial charge is 0.508 e. The zero-order chi connectivity index (χ0) is 13.0. The maximum absolute atomic E-state index is 9.45. The summed E-state index contributed by atoms with van der Waals surface area (Å²) in [4.78, 5) is 5.61. The van der Waals surface area contributed by atoms with E-state index in [4.69, 9.17) is 0 Å². The van der Waals surface area contributed by atoms with Gasteiger partial charge in [-0.1, -0.05) is 26.0 Å². The van der Waals surface area contributed by atoms with Gasteiger partial charge in [-0.3, -0.25) is 0 Å². The number of thiazole rings is 1. The minimum atomic E-state index is 0.280. The third-order valence-corrected chi connectivity index (χ3v) is 3.54. The Hall–Kier alpha value is -1.39. The van der Waals surface area contributed by atoms with Crippen molar-refractivity contribution in [2.75, 3.05) is 6.54 Å². The van der Waals surface area contributed by atoms with Gasteiger partial charge in [0.25, 0.3) is 0 Å². The molecule has 1 heterocycles. The molecule has 0 aliphatic rings. The van der Waals surface area contributed by atoms with Crippen molar-refractivity contribution in [3.63, 3.8) is 0 Å². The van der Waals surface area contributed by atoms with Crippen molar-refractivity contribution >= 4 is 11.3 Å². The maximum Gasteiger partial charge on any atom is 0.123 e. The molecule has 0 atom stereocenters. The standard InChI is InChI=1S/C14H18N2OS/c1-10(2)7-15-8-13-9-16-14(18-13)11-4-3-5-12(17)6-11/h3-6,9-10,15,17H,7-8H2,1-2H3. The average molecular weight is 262 g/mol. The zero-order valence-corrected chi connectivity index (χ0v) is 11.5. The Labute approximate surface area is 112 Å². The van der Waals surface area contributed by atoms with Gasteiger partial charge in [0.05, 0.1) is 0 Å². The summed E-state index contributed by atoms with van der Waals surface area (Å²) in [6.45, 7) is 6.25. The fourth-order valence-electron chi connectivity index (χ4n) is 1.65. The Morgan fingerprint density at radius 2 is 2.22 bits per heavy atom. The van der Waals surface area contributed by atoms with E-state index in [0.717, 1.165) is 23.7 Å². The lowest BCUT2D eigenvalue weighted by molar-refractivity contribution is 0.475. The van der Waals surface area contributed by atoms with Gasteiger partial charge in [-0.05, 0) is 24.6 Å². The van der Waals surface area contributed by atoms with E-state index < -0.39 is 0 Å². The van der Waals surface area contributed by atoms with Crippen LogP contribution in [0.25, 0.3) is 10.6 Å². The third-order valence-electron chi connectivity index (χ3n) is 2.50. The van der Waals surface area contributed by atoms with Gasteiger partial charge in [-0.25, -0.2) is 4.98 Å². The lowest BCUT2D eigenvalue weighted by atomic mass is 10.2. The minimum absolute atomic E-state index is 0.280. The number of rotatable bonds is 5. The molecule has 2 aromatic rings. The lowest BCUT2D eigenvalue weighted by Crippen LogP contribution is -2.18. The van der Waals surface area contributed by atoms with Crippen LogP contribution in [0.5, 0.6) is 5.75 Å². The predicted octanol–water partition coefficient (Wildman–Crippen LogP) is 3.26. The van der Waals surface area contributed by atoms with E-state index in [-0.39, 0.29) is 5.75 Å². The number of aromatic nitrogens is 1. The average Bonchev–Trinajstić information content (AvgIpc) is 2.77. The lowest BCUT2D eigenvalue weighted by Gasteiger charge is -2.04. The smallest absolute Gasteiger partial charge is 0.123 e. The molecule has 1 aromatic carbocycles. The quantitative estimate of drug-likeness (QED) is 0.869. The first-order valence-corrected chi connectivity index (χ1v) is 6.91. The van der Waals surface area contributed by atoms with Crippen LogP contribution in [0.1, 0.15) is 18.7 Å². The number of nitrogens with zero attached hydrogens (tertiary/aromatic N) is 1. The highest BCUT2D eigenvalue weighted by Gasteiger charge is 2.05. The monoisotopic (exact) mass is 262 g/mol. The van der Waals surface area contributed by atoms with Crippen LogP contribution in [0.4, 0.5) is 0 Å². The number of hydrogen-bond donors (Lipinski definition) is 2. The first kappa shape index (κ1) is 13.1. The van der Waals surface area contributed by atoms with Crippen molar-refractivity contribution in [2.45, 2.75) is 20.4 Å². The SMILES string of the molecule is CC(C)CNCc1cnc(-c2cccc(O)c2)s1.